The van der Waals surface area contributed by atoms with E-state index in [9.17, 15) is 4.79 Å². The number of carboxylic acids is 1. The van der Waals surface area contributed by atoms with Crippen LogP contribution < -0.4 is 5.32 Å². The molecule has 0 saturated carbocycles. The molecule has 19 heavy (non-hydrogen) atoms. The third-order valence-corrected chi connectivity index (χ3v) is 3.39. The molecule has 2 aromatic rings. The molecule has 0 spiro atoms. The number of anilines is 1. The summed E-state index contributed by atoms with van der Waals surface area (Å²) in [5.74, 6) is -0.774. The highest BCUT2D eigenvalue weighted by molar-refractivity contribution is 7.15. The van der Waals surface area contributed by atoms with Gasteiger partial charge >= 0.3 is 5.97 Å². The quantitative estimate of drug-likeness (QED) is 0.760. The molecule has 0 atom stereocenters. The first-order valence-electron chi connectivity index (χ1n) is 6.06. The topological polar surface area (TPSA) is 75.1 Å². The van der Waals surface area contributed by atoms with Gasteiger partial charge in [0.15, 0.2) is 0 Å². The Labute approximate surface area is 115 Å². The summed E-state index contributed by atoms with van der Waals surface area (Å²) in [5.41, 5.74) is 1.20. The van der Waals surface area contributed by atoms with Gasteiger partial charge < -0.3 is 10.4 Å². The molecule has 0 unspecified atom stereocenters. The number of benzene rings is 1. The lowest BCUT2D eigenvalue weighted by molar-refractivity contribution is -0.137. The van der Waals surface area contributed by atoms with Gasteiger partial charge in [-0.25, -0.2) is 0 Å². The Balaban J connectivity index is 1.80. The Morgan fingerprint density at radius 1 is 1.26 bits per heavy atom. The summed E-state index contributed by atoms with van der Waals surface area (Å²) in [5, 5.41) is 21.5. The van der Waals surface area contributed by atoms with Crippen molar-refractivity contribution in [2.75, 3.05) is 11.9 Å². The largest absolute Gasteiger partial charge is 0.481 e. The molecule has 5 nitrogen and oxygen atoms in total. The van der Waals surface area contributed by atoms with Crippen LogP contribution in [0.1, 0.15) is 23.4 Å². The zero-order valence-electron chi connectivity index (χ0n) is 10.4. The summed E-state index contributed by atoms with van der Waals surface area (Å²) in [6.45, 7) is 0.603. The van der Waals surface area contributed by atoms with Crippen molar-refractivity contribution in [3.63, 3.8) is 0 Å². The monoisotopic (exact) mass is 277 g/mol. The van der Waals surface area contributed by atoms with E-state index >= 15 is 0 Å². The predicted octanol–water partition coefficient (Wildman–Crippen LogP) is 2.41. The average Bonchev–Trinajstić information content (AvgIpc) is 2.83. The Morgan fingerprint density at radius 2 is 2.05 bits per heavy atom. The maximum absolute atomic E-state index is 10.4. The van der Waals surface area contributed by atoms with Crippen molar-refractivity contribution in [2.24, 2.45) is 0 Å². The van der Waals surface area contributed by atoms with Crippen molar-refractivity contribution in [1.82, 2.24) is 10.2 Å². The van der Waals surface area contributed by atoms with Crippen LogP contribution in [-0.4, -0.2) is 27.8 Å². The van der Waals surface area contributed by atoms with Gasteiger partial charge in [-0.2, -0.15) is 0 Å². The summed E-state index contributed by atoms with van der Waals surface area (Å²) in [6.07, 6.45) is 1.53. The zero-order chi connectivity index (χ0) is 13.5. The molecule has 0 amide bonds. The molecule has 0 radical (unpaired) electrons. The van der Waals surface area contributed by atoms with E-state index in [0.29, 0.717) is 13.0 Å². The van der Waals surface area contributed by atoms with Gasteiger partial charge in [-0.3, -0.25) is 4.79 Å². The average molecular weight is 277 g/mol. The van der Waals surface area contributed by atoms with Gasteiger partial charge in [0.2, 0.25) is 5.13 Å². The SMILES string of the molecule is O=C(O)CCCNc1nnc(Cc2ccccc2)s1. The molecule has 1 aromatic carbocycles. The van der Waals surface area contributed by atoms with Gasteiger partial charge in [-0.15, -0.1) is 10.2 Å². The van der Waals surface area contributed by atoms with Crippen LogP contribution >= 0.6 is 11.3 Å². The lowest BCUT2D eigenvalue weighted by Crippen LogP contribution is -2.04. The number of hydrogen-bond donors (Lipinski definition) is 2. The van der Waals surface area contributed by atoms with E-state index in [4.69, 9.17) is 5.11 Å². The molecule has 0 bridgehead atoms. The Kier molecular flexibility index (Phi) is 4.85. The summed E-state index contributed by atoms with van der Waals surface area (Å²) in [7, 11) is 0. The van der Waals surface area contributed by atoms with Crippen LogP contribution in [0.4, 0.5) is 5.13 Å². The van der Waals surface area contributed by atoms with Crippen molar-refractivity contribution in [2.45, 2.75) is 19.3 Å². The smallest absolute Gasteiger partial charge is 0.303 e. The molecule has 1 heterocycles. The van der Waals surface area contributed by atoms with E-state index in [2.05, 4.69) is 27.6 Å². The van der Waals surface area contributed by atoms with Gasteiger partial charge in [0.05, 0.1) is 0 Å². The summed E-state index contributed by atoms with van der Waals surface area (Å²) >= 11 is 1.51. The molecule has 2 rings (SSSR count). The number of carbonyl (C=O) groups is 1. The Hall–Kier alpha value is -1.95. The molecular weight excluding hydrogens is 262 g/mol. The molecule has 0 saturated heterocycles. The van der Waals surface area contributed by atoms with Crippen molar-refractivity contribution < 1.29 is 9.90 Å². The zero-order valence-corrected chi connectivity index (χ0v) is 11.2. The third kappa shape index (κ3) is 4.67. The van der Waals surface area contributed by atoms with E-state index in [1.807, 2.05) is 18.2 Å². The maximum Gasteiger partial charge on any atom is 0.303 e. The number of nitrogens with one attached hydrogen (secondary N) is 1. The Bertz CT molecular complexity index is 528. The van der Waals surface area contributed by atoms with Crippen molar-refractivity contribution in [3.8, 4) is 0 Å². The van der Waals surface area contributed by atoms with Gasteiger partial charge in [0.25, 0.3) is 0 Å². The minimum Gasteiger partial charge on any atom is -0.481 e. The van der Waals surface area contributed by atoms with E-state index in [-0.39, 0.29) is 6.42 Å². The van der Waals surface area contributed by atoms with Crippen molar-refractivity contribution >= 4 is 22.4 Å². The number of carboxylic acid groups (broad SMARTS) is 1. The standard InChI is InChI=1S/C13H15N3O2S/c17-12(18)7-4-8-14-13-16-15-11(19-13)9-10-5-2-1-3-6-10/h1-3,5-6H,4,7-9H2,(H,14,16)(H,17,18). The number of nitrogens with zero attached hydrogens (tertiary/aromatic N) is 2. The van der Waals surface area contributed by atoms with Crippen LogP contribution in [0, 0.1) is 0 Å². The number of aromatic nitrogens is 2. The first-order chi connectivity index (χ1) is 9.24. The van der Waals surface area contributed by atoms with Crippen LogP contribution in [0.25, 0.3) is 0 Å². The molecular formula is C13H15N3O2S. The third-order valence-electron chi connectivity index (χ3n) is 2.51. The normalized spacial score (nSPS) is 10.3. The summed E-state index contributed by atoms with van der Waals surface area (Å²) < 4.78 is 0. The lowest BCUT2D eigenvalue weighted by Gasteiger charge is -1.98. The van der Waals surface area contributed by atoms with Crippen molar-refractivity contribution in [3.05, 3.63) is 40.9 Å². The second-order valence-electron chi connectivity index (χ2n) is 4.09. The first kappa shape index (κ1) is 13.5. The van der Waals surface area contributed by atoms with Crippen molar-refractivity contribution in [1.29, 1.82) is 0 Å². The second-order valence-corrected chi connectivity index (χ2v) is 5.15. The van der Waals surface area contributed by atoms with Crippen LogP contribution in [0.2, 0.25) is 0 Å². The fourth-order valence-corrected chi connectivity index (χ4v) is 2.40. The summed E-state index contributed by atoms with van der Waals surface area (Å²) in [6, 6.07) is 10.1. The molecule has 2 N–H and O–H groups in total. The van der Waals surface area contributed by atoms with Gasteiger partial charge in [-0.05, 0) is 12.0 Å². The minimum atomic E-state index is -0.774. The molecule has 6 heteroatoms. The molecule has 0 aliphatic heterocycles. The molecule has 0 fully saturated rings. The van der Waals surface area contributed by atoms with Crippen LogP contribution in [-0.2, 0) is 11.2 Å². The minimum absolute atomic E-state index is 0.169. The van der Waals surface area contributed by atoms with Gasteiger partial charge in [0, 0.05) is 19.4 Å². The first-order valence-corrected chi connectivity index (χ1v) is 6.87. The predicted molar refractivity (Wildman–Crippen MR) is 74.5 cm³/mol. The van der Waals surface area contributed by atoms with E-state index < -0.39 is 5.97 Å². The molecule has 100 valence electrons. The van der Waals surface area contributed by atoms with E-state index in [0.717, 1.165) is 16.6 Å². The Morgan fingerprint density at radius 3 is 2.79 bits per heavy atom. The molecule has 1 aromatic heterocycles. The van der Waals surface area contributed by atoms with E-state index in [1.54, 1.807) is 0 Å². The summed E-state index contributed by atoms with van der Waals surface area (Å²) in [4.78, 5) is 10.4. The highest BCUT2D eigenvalue weighted by Crippen LogP contribution is 2.18. The van der Waals surface area contributed by atoms with E-state index in [1.165, 1.54) is 16.9 Å². The number of rotatable bonds is 7. The fourth-order valence-electron chi connectivity index (χ4n) is 1.60. The second kappa shape index (κ2) is 6.84. The maximum atomic E-state index is 10.4. The molecule has 0 aliphatic carbocycles. The molecule has 0 aliphatic rings. The number of hydrogen-bond acceptors (Lipinski definition) is 5. The van der Waals surface area contributed by atoms with Crippen LogP contribution in [0.15, 0.2) is 30.3 Å². The van der Waals surface area contributed by atoms with Gasteiger partial charge in [-0.1, -0.05) is 41.7 Å². The fraction of sp³-hybridized carbons (Fsp3) is 0.308. The van der Waals surface area contributed by atoms with Crippen LogP contribution in [0.5, 0.6) is 0 Å². The van der Waals surface area contributed by atoms with Crippen LogP contribution in [0.3, 0.4) is 0 Å². The highest BCUT2D eigenvalue weighted by atomic mass is 32.1. The van der Waals surface area contributed by atoms with Gasteiger partial charge in [0.1, 0.15) is 5.01 Å². The highest BCUT2D eigenvalue weighted by Gasteiger charge is 2.05. The lowest BCUT2D eigenvalue weighted by atomic mass is 10.2. The number of aliphatic carboxylic acids is 1.